The summed E-state index contributed by atoms with van der Waals surface area (Å²) in [5.74, 6) is -0.269. The highest BCUT2D eigenvalue weighted by Gasteiger charge is 2.18. The summed E-state index contributed by atoms with van der Waals surface area (Å²) in [6, 6.07) is 8.43. The molecule has 9 heteroatoms. The smallest absolute Gasteiger partial charge is 0.293 e. The summed E-state index contributed by atoms with van der Waals surface area (Å²) in [5.41, 5.74) is 2.25. The van der Waals surface area contributed by atoms with Crippen molar-refractivity contribution in [2.75, 3.05) is 11.9 Å². The van der Waals surface area contributed by atoms with Gasteiger partial charge in [-0.15, -0.1) is 0 Å². The molecule has 0 saturated carbocycles. The van der Waals surface area contributed by atoms with Crippen molar-refractivity contribution in [3.63, 3.8) is 0 Å². The summed E-state index contributed by atoms with van der Waals surface area (Å²) in [6.07, 6.45) is 1.34. The minimum absolute atomic E-state index is 0.131. The van der Waals surface area contributed by atoms with E-state index in [1.165, 1.54) is 12.4 Å². The van der Waals surface area contributed by atoms with Gasteiger partial charge in [-0.3, -0.25) is 14.9 Å². The van der Waals surface area contributed by atoms with E-state index in [0.29, 0.717) is 10.9 Å². The third-order valence-electron chi connectivity index (χ3n) is 3.98. The van der Waals surface area contributed by atoms with Crippen LogP contribution in [0.4, 0.5) is 11.4 Å². The van der Waals surface area contributed by atoms with Gasteiger partial charge in [-0.1, -0.05) is 15.9 Å². The molecule has 8 nitrogen and oxygen atoms in total. The molecule has 1 aromatic heterocycles. The Bertz CT molecular complexity index is 1050. The first-order chi connectivity index (χ1) is 12.8. The van der Waals surface area contributed by atoms with E-state index in [0.717, 1.165) is 15.6 Å². The number of nitrogens with one attached hydrogen (secondary N) is 1. The maximum absolute atomic E-state index is 12.2. The van der Waals surface area contributed by atoms with Gasteiger partial charge in [-0.2, -0.15) is 0 Å². The minimum atomic E-state index is -0.529. The predicted molar refractivity (Wildman–Crippen MR) is 104 cm³/mol. The zero-order valence-electron chi connectivity index (χ0n) is 14.5. The minimum Gasteiger partial charge on any atom is -0.467 e. The second-order valence-corrected chi connectivity index (χ2v) is 6.80. The largest absolute Gasteiger partial charge is 0.467 e. The molecule has 27 heavy (non-hydrogen) atoms. The number of carbonyl (C=O) groups is 1. The average Bonchev–Trinajstić information content (AvgIpc) is 2.62. The third kappa shape index (κ3) is 4.20. The van der Waals surface area contributed by atoms with E-state index in [1.54, 1.807) is 25.1 Å². The lowest BCUT2D eigenvalue weighted by Crippen LogP contribution is -2.21. The van der Waals surface area contributed by atoms with Crippen LogP contribution in [0.3, 0.4) is 0 Å². The fourth-order valence-corrected chi connectivity index (χ4v) is 2.85. The van der Waals surface area contributed by atoms with E-state index >= 15 is 0 Å². The number of hydrogen-bond acceptors (Lipinski definition) is 6. The van der Waals surface area contributed by atoms with Crippen molar-refractivity contribution in [3.05, 3.63) is 62.4 Å². The second kappa shape index (κ2) is 7.67. The summed E-state index contributed by atoms with van der Waals surface area (Å²) in [6.45, 7) is 3.24. The monoisotopic (exact) mass is 430 g/mol. The van der Waals surface area contributed by atoms with Gasteiger partial charge in [0.1, 0.15) is 12.0 Å². The van der Waals surface area contributed by atoms with Gasteiger partial charge in [0.2, 0.25) is 5.88 Å². The standard InChI is InChI=1S/C18H15BrN4O4/c1-10-5-15(16(23(25)26)6-11(10)2)22-17(24)8-27-18-13-7-12(19)3-4-14(13)20-9-21-18/h3-7,9H,8H2,1-2H3,(H,22,24). The average molecular weight is 431 g/mol. The summed E-state index contributed by atoms with van der Waals surface area (Å²) in [5, 5.41) is 14.4. The quantitative estimate of drug-likeness (QED) is 0.485. The van der Waals surface area contributed by atoms with E-state index in [1.807, 2.05) is 13.0 Å². The van der Waals surface area contributed by atoms with Crippen LogP contribution in [0.15, 0.2) is 41.1 Å². The first-order valence-corrected chi connectivity index (χ1v) is 8.73. The Balaban J connectivity index is 1.77. The van der Waals surface area contributed by atoms with Gasteiger partial charge < -0.3 is 10.1 Å². The Morgan fingerprint density at radius 1 is 1.22 bits per heavy atom. The lowest BCUT2D eigenvalue weighted by Gasteiger charge is -2.10. The number of aromatic nitrogens is 2. The van der Waals surface area contributed by atoms with Crippen LogP contribution in [0.5, 0.6) is 5.88 Å². The van der Waals surface area contributed by atoms with Gasteiger partial charge in [-0.25, -0.2) is 9.97 Å². The van der Waals surface area contributed by atoms with Crippen molar-refractivity contribution in [2.45, 2.75) is 13.8 Å². The Hall–Kier alpha value is -3.07. The lowest BCUT2D eigenvalue weighted by molar-refractivity contribution is -0.384. The number of aryl methyl sites for hydroxylation is 2. The second-order valence-electron chi connectivity index (χ2n) is 5.89. The number of anilines is 1. The Kier molecular flexibility index (Phi) is 5.31. The molecule has 0 radical (unpaired) electrons. The topological polar surface area (TPSA) is 107 Å². The van der Waals surface area contributed by atoms with Gasteiger partial charge in [-0.05, 0) is 49.2 Å². The zero-order valence-corrected chi connectivity index (χ0v) is 16.1. The SMILES string of the molecule is Cc1cc(NC(=O)COc2ncnc3ccc(Br)cc23)c([N+](=O)[O-])cc1C. The van der Waals surface area contributed by atoms with Crippen molar-refractivity contribution < 1.29 is 14.5 Å². The van der Waals surface area contributed by atoms with E-state index in [2.05, 4.69) is 31.2 Å². The number of carbonyl (C=O) groups excluding carboxylic acids is 1. The molecule has 1 heterocycles. The number of benzene rings is 2. The number of fused-ring (bicyclic) bond motifs is 1. The number of amides is 1. The number of nitro benzene ring substituents is 1. The summed E-state index contributed by atoms with van der Waals surface area (Å²) in [7, 11) is 0. The Labute approximate surface area is 162 Å². The van der Waals surface area contributed by atoms with Crippen molar-refractivity contribution in [2.24, 2.45) is 0 Å². The number of nitro groups is 1. The molecule has 0 unspecified atom stereocenters. The molecule has 0 aliphatic heterocycles. The molecule has 138 valence electrons. The fraction of sp³-hybridized carbons (Fsp3) is 0.167. The van der Waals surface area contributed by atoms with Gasteiger partial charge in [0.25, 0.3) is 11.6 Å². The van der Waals surface area contributed by atoms with Crippen LogP contribution < -0.4 is 10.1 Å². The van der Waals surface area contributed by atoms with E-state index < -0.39 is 10.8 Å². The van der Waals surface area contributed by atoms with Crippen LogP contribution in [0.25, 0.3) is 10.9 Å². The summed E-state index contributed by atoms with van der Waals surface area (Å²) in [4.78, 5) is 31.1. The molecular formula is C18H15BrN4O4. The van der Waals surface area contributed by atoms with Crippen LogP contribution in [0, 0.1) is 24.0 Å². The molecule has 0 aliphatic rings. The van der Waals surface area contributed by atoms with Crippen molar-refractivity contribution in [3.8, 4) is 5.88 Å². The molecule has 0 fully saturated rings. The first kappa shape index (κ1) is 18.7. The summed E-state index contributed by atoms with van der Waals surface area (Å²) >= 11 is 3.37. The zero-order chi connectivity index (χ0) is 19.6. The van der Waals surface area contributed by atoms with E-state index in [9.17, 15) is 14.9 Å². The maximum Gasteiger partial charge on any atom is 0.293 e. The van der Waals surface area contributed by atoms with Gasteiger partial charge in [0.15, 0.2) is 6.61 Å². The molecule has 0 spiro atoms. The molecule has 0 bridgehead atoms. The predicted octanol–water partition coefficient (Wildman–Crippen LogP) is 3.93. The van der Waals surface area contributed by atoms with Crippen molar-refractivity contribution in [1.29, 1.82) is 0 Å². The van der Waals surface area contributed by atoms with Crippen LogP contribution in [-0.2, 0) is 4.79 Å². The highest BCUT2D eigenvalue weighted by molar-refractivity contribution is 9.10. The molecular weight excluding hydrogens is 416 g/mol. The third-order valence-corrected chi connectivity index (χ3v) is 4.48. The first-order valence-electron chi connectivity index (χ1n) is 7.93. The molecule has 3 aromatic rings. The molecule has 0 atom stereocenters. The van der Waals surface area contributed by atoms with E-state index in [4.69, 9.17) is 4.74 Å². The summed E-state index contributed by atoms with van der Waals surface area (Å²) < 4.78 is 6.33. The Morgan fingerprint density at radius 2 is 1.96 bits per heavy atom. The molecule has 1 N–H and O–H groups in total. The van der Waals surface area contributed by atoms with Crippen molar-refractivity contribution in [1.82, 2.24) is 9.97 Å². The fourth-order valence-electron chi connectivity index (χ4n) is 2.49. The highest BCUT2D eigenvalue weighted by Crippen LogP contribution is 2.28. The number of rotatable bonds is 5. The van der Waals surface area contributed by atoms with Gasteiger partial charge >= 0.3 is 0 Å². The van der Waals surface area contributed by atoms with Crippen LogP contribution in [-0.4, -0.2) is 27.4 Å². The number of nitrogens with zero attached hydrogens (tertiary/aromatic N) is 3. The Morgan fingerprint density at radius 3 is 2.70 bits per heavy atom. The van der Waals surface area contributed by atoms with Gasteiger partial charge in [0, 0.05) is 10.5 Å². The maximum atomic E-state index is 12.2. The van der Waals surface area contributed by atoms with E-state index in [-0.39, 0.29) is 23.9 Å². The van der Waals surface area contributed by atoms with Crippen molar-refractivity contribution >= 4 is 44.1 Å². The molecule has 2 aromatic carbocycles. The van der Waals surface area contributed by atoms with Crippen LogP contribution >= 0.6 is 15.9 Å². The number of ether oxygens (including phenoxy) is 1. The van der Waals surface area contributed by atoms with Crippen LogP contribution in [0.2, 0.25) is 0 Å². The van der Waals surface area contributed by atoms with Gasteiger partial charge in [0.05, 0.1) is 15.8 Å². The number of halogens is 1. The van der Waals surface area contributed by atoms with Crippen LogP contribution in [0.1, 0.15) is 11.1 Å². The molecule has 1 amide bonds. The molecule has 3 rings (SSSR count). The highest BCUT2D eigenvalue weighted by atomic mass is 79.9. The number of hydrogen-bond donors (Lipinski definition) is 1. The molecule has 0 aliphatic carbocycles. The lowest BCUT2D eigenvalue weighted by atomic mass is 10.1. The normalized spacial score (nSPS) is 10.6. The molecule has 0 saturated heterocycles.